The summed E-state index contributed by atoms with van der Waals surface area (Å²) in [7, 11) is 1.82. The lowest BCUT2D eigenvalue weighted by molar-refractivity contribution is 0.153. The molecule has 1 heterocycles. The molecule has 0 saturated heterocycles. The molecular formula is C12H21N3O. The standard InChI is InChI=1S/C12H21N3O/c1-13-12(15-11-2-3-11)14-7-4-10-5-8-16-9-6-10/h5,11H,2-4,6-9H2,1H3,(H2,13,14,15). The van der Waals surface area contributed by atoms with Gasteiger partial charge in [-0.1, -0.05) is 11.6 Å². The molecule has 0 amide bonds. The van der Waals surface area contributed by atoms with E-state index in [-0.39, 0.29) is 0 Å². The van der Waals surface area contributed by atoms with Gasteiger partial charge in [0.05, 0.1) is 13.2 Å². The molecule has 0 aromatic rings. The van der Waals surface area contributed by atoms with Gasteiger partial charge in [0.25, 0.3) is 0 Å². The van der Waals surface area contributed by atoms with Crippen molar-refractivity contribution in [2.24, 2.45) is 4.99 Å². The quantitative estimate of drug-likeness (QED) is 0.425. The fourth-order valence-corrected chi connectivity index (χ4v) is 1.75. The lowest BCUT2D eigenvalue weighted by Crippen LogP contribution is -2.39. The third-order valence-corrected chi connectivity index (χ3v) is 2.94. The molecule has 0 aromatic carbocycles. The van der Waals surface area contributed by atoms with Crippen molar-refractivity contribution < 1.29 is 4.74 Å². The number of guanidine groups is 1. The lowest BCUT2D eigenvalue weighted by Gasteiger charge is -2.15. The van der Waals surface area contributed by atoms with Gasteiger partial charge in [0.15, 0.2) is 5.96 Å². The lowest BCUT2D eigenvalue weighted by atomic mass is 10.1. The van der Waals surface area contributed by atoms with Crippen LogP contribution in [0, 0.1) is 0 Å². The van der Waals surface area contributed by atoms with Crippen molar-refractivity contribution in [3.8, 4) is 0 Å². The minimum atomic E-state index is 0.661. The molecule has 0 spiro atoms. The van der Waals surface area contributed by atoms with Crippen molar-refractivity contribution in [3.63, 3.8) is 0 Å². The molecule has 2 N–H and O–H groups in total. The van der Waals surface area contributed by atoms with Crippen molar-refractivity contribution >= 4 is 5.96 Å². The first-order valence-electron chi connectivity index (χ1n) is 6.11. The molecular weight excluding hydrogens is 202 g/mol. The molecule has 2 aliphatic rings. The Kier molecular flexibility index (Phi) is 4.22. The molecule has 1 fully saturated rings. The van der Waals surface area contributed by atoms with Gasteiger partial charge in [-0.3, -0.25) is 4.99 Å². The number of hydrogen-bond donors (Lipinski definition) is 2. The Morgan fingerprint density at radius 3 is 3.06 bits per heavy atom. The van der Waals surface area contributed by atoms with E-state index in [1.54, 1.807) is 0 Å². The normalized spacial score (nSPS) is 21.6. The van der Waals surface area contributed by atoms with Crippen LogP contribution in [-0.2, 0) is 4.74 Å². The molecule has 4 heteroatoms. The number of rotatable bonds is 4. The van der Waals surface area contributed by atoms with E-state index in [2.05, 4.69) is 21.7 Å². The van der Waals surface area contributed by atoms with Crippen LogP contribution in [0.15, 0.2) is 16.6 Å². The molecule has 0 bridgehead atoms. The van der Waals surface area contributed by atoms with Crippen LogP contribution in [0.25, 0.3) is 0 Å². The topological polar surface area (TPSA) is 45.7 Å². The van der Waals surface area contributed by atoms with E-state index < -0.39 is 0 Å². The van der Waals surface area contributed by atoms with Gasteiger partial charge in [0.1, 0.15) is 0 Å². The van der Waals surface area contributed by atoms with Crippen molar-refractivity contribution in [1.29, 1.82) is 0 Å². The van der Waals surface area contributed by atoms with E-state index in [0.717, 1.165) is 38.6 Å². The van der Waals surface area contributed by atoms with Gasteiger partial charge < -0.3 is 15.4 Å². The molecule has 1 aliphatic carbocycles. The summed E-state index contributed by atoms with van der Waals surface area (Å²) in [5.41, 5.74) is 1.50. The van der Waals surface area contributed by atoms with Gasteiger partial charge >= 0.3 is 0 Å². The molecule has 16 heavy (non-hydrogen) atoms. The zero-order chi connectivity index (χ0) is 11.2. The Bertz CT molecular complexity index is 282. The van der Waals surface area contributed by atoms with Gasteiger partial charge in [-0.15, -0.1) is 0 Å². The second kappa shape index (κ2) is 5.89. The molecule has 0 aromatic heterocycles. The second-order valence-corrected chi connectivity index (χ2v) is 4.35. The zero-order valence-corrected chi connectivity index (χ0v) is 9.96. The van der Waals surface area contributed by atoms with Crippen LogP contribution in [0.5, 0.6) is 0 Å². The van der Waals surface area contributed by atoms with Crippen molar-refractivity contribution in [2.45, 2.75) is 31.7 Å². The number of aliphatic imine (C=N–C) groups is 1. The first kappa shape index (κ1) is 11.5. The number of nitrogens with one attached hydrogen (secondary N) is 2. The van der Waals surface area contributed by atoms with Crippen LogP contribution >= 0.6 is 0 Å². The first-order chi connectivity index (χ1) is 7.88. The number of ether oxygens (including phenoxy) is 1. The Morgan fingerprint density at radius 1 is 1.56 bits per heavy atom. The molecule has 1 saturated carbocycles. The largest absolute Gasteiger partial charge is 0.377 e. The molecule has 0 unspecified atom stereocenters. The molecule has 0 radical (unpaired) electrons. The van der Waals surface area contributed by atoms with Gasteiger partial charge in [0, 0.05) is 19.6 Å². The van der Waals surface area contributed by atoms with Crippen molar-refractivity contribution in [1.82, 2.24) is 10.6 Å². The van der Waals surface area contributed by atoms with Crippen LogP contribution in [0.3, 0.4) is 0 Å². The highest BCUT2D eigenvalue weighted by atomic mass is 16.5. The summed E-state index contributed by atoms with van der Waals surface area (Å²) in [6.07, 6.45) is 6.93. The predicted molar refractivity (Wildman–Crippen MR) is 65.7 cm³/mol. The third kappa shape index (κ3) is 3.85. The number of nitrogens with zero attached hydrogens (tertiary/aromatic N) is 1. The zero-order valence-electron chi connectivity index (χ0n) is 9.96. The highest BCUT2D eigenvalue weighted by molar-refractivity contribution is 5.80. The SMILES string of the molecule is CN=C(NCCC1=CCOCC1)NC1CC1. The second-order valence-electron chi connectivity index (χ2n) is 4.35. The summed E-state index contributed by atoms with van der Waals surface area (Å²) in [6, 6.07) is 0.661. The van der Waals surface area contributed by atoms with E-state index in [4.69, 9.17) is 4.74 Å². The predicted octanol–water partition coefficient (Wildman–Crippen LogP) is 1.05. The van der Waals surface area contributed by atoms with Crippen molar-refractivity contribution in [3.05, 3.63) is 11.6 Å². The molecule has 1 aliphatic heterocycles. The highest BCUT2D eigenvalue weighted by Crippen LogP contribution is 2.18. The minimum absolute atomic E-state index is 0.661. The summed E-state index contributed by atoms with van der Waals surface area (Å²) < 4.78 is 5.28. The maximum absolute atomic E-state index is 5.28. The van der Waals surface area contributed by atoms with Crippen LogP contribution < -0.4 is 10.6 Å². The Hall–Kier alpha value is -1.03. The van der Waals surface area contributed by atoms with Gasteiger partial charge in [-0.2, -0.15) is 0 Å². The molecule has 2 rings (SSSR count). The smallest absolute Gasteiger partial charge is 0.191 e. The van der Waals surface area contributed by atoms with Gasteiger partial charge in [-0.25, -0.2) is 0 Å². The molecule has 90 valence electrons. The Morgan fingerprint density at radius 2 is 2.44 bits per heavy atom. The average Bonchev–Trinajstić information content (AvgIpc) is 3.13. The maximum atomic E-state index is 5.28. The van der Waals surface area contributed by atoms with Crippen LogP contribution in [0.1, 0.15) is 25.7 Å². The van der Waals surface area contributed by atoms with E-state index in [1.165, 1.54) is 18.4 Å². The van der Waals surface area contributed by atoms with Gasteiger partial charge in [-0.05, 0) is 25.7 Å². The number of hydrogen-bond acceptors (Lipinski definition) is 2. The van der Waals surface area contributed by atoms with E-state index in [9.17, 15) is 0 Å². The Labute approximate surface area is 97.2 Å². The molecule has 0 atom stereocenters. The van der Waals surface area contributed by atoms with Crippen LogP contribution in [0.4, 0.5) is 0 Å². The maximum Gasteiger partial charge on any atom is 0.191 e. The van der Waals surface area contributed by atoms with E-state index >= 15 is 0 Å². The van der Waals surface area contributed by atoms with Gasteiger partial charge in [0.2, 0.25) is 0 Å². The monoisotopic (exact) mass is 223 g/mol. The summed E-state index contributed by atoms with van der Waals surface area (Å²) in [6.45, 7) is 2.61. The minimum Gasteiger partial charge on any atom is -0.377 e. The van der Waals surface area contributed by atoms with Crippen LogP contribution in [0.2, 0.25) is 0 Å². The fourth-order valence-electron chi connectivity index (χ4n) is 1.75. The van der Waals surface area contributed by atoms with E-state index in [1.807, 2.05) is 7.05 Å². The van der Waals surface area contributed by atoms with E-state index in [0.29, 0.717) is 6.04 Å². The highest BCUT2D eigenvalue weighted by Gasteiger charge is 2.21. The van der Waals surface area contributed by atoms with Crippen LogP contribution in [-0.4, -0.2) is 38.8 Å². The summed E-state index contributed by atoms with van der Waals surface area (Å²) in [5.74, 6) is 0.940. The fraction of sp³-hybridized carbons (Fsp3) is 0.750. The van der Waals surface area contributed by atoms with Crippen molar-refractivity contribution in [2.75, 3.05) is 26.8 Å². The summed E-state index contributed by atoms with van der Waals surface area (Å²) in [5, 5.41) is 6.72. The average molecular weight is 223 g/mol. The molecule has 4 nitrogen and oxygen atoms in total. The first-order valence-corrected chi connectivity index (χ1v) is 6.11. The third-order valence-electron chi connectivity index (χ3n) is 2.94. The Balaban J connectivity index is 1.63. The summed E-state index contributed by atoms with van der Waals surface area (Å²) >= 11 is 0. The summed E-state index contributed by atoms with van der Waals surface area (Å²) in [4.78, 5) is 4.20.